The number of Topliss-reactive ketones (excluding diaryl/α,β-unsaturated/α-hetero) is 1. The average Bonchev–Trinajstić information content (AvgIpc) is 2.68. The molecule has 3 rings (SSSR count). The number of hydrogen-bond acceptors (Lipinski definition) is 4. The van der Waals surface area contributed by atoms with E-state index in [0.29, 0.717) is 15.8 Å². The first-order chi connectivity index (χ1) is 13.1. The number of ether oxygens (including phenoxy) is 1. The highest BCUT2D eigenvalue weighted by Gasteiger charge is 2.26. The van der Waals surface area contributed by atoms with Crippen LogP contribution in [-0.4, -0.2) is 18.1 Å². The van der Waals surface area contributed by atoms with Crippen LogP contribution in [0.25, 0.3) is 0 Å². The van der Waals surface area contributed by atoms with Crippen LogP contribution in [0.3, 0.4) is 0 Å². The normalized spacial score (nSPS) is 11.8. The van der Waals surface area contributed by atoms with Crippen LogP contribution in [0, 0.1) is 0 Å². The summed E-state index contributed by atoms with van der Waals surface area (Å²) in [6.07, 6.45) is 1.77. The van der Waals surface area contributed by atoms with Gasteiger partial charge >= 0.3 is 0 Å². The van der Waals surface area contributed by atoms with Crippen molar-refractivity contribution in [2.24, 2.45) is 0 Å². The maximum Gasteiger partial charge on any atom is 0.292 e. The molecule has 1 aromatic heterocycles. The summed E-state index contributed by atoms with van der Waals surface area (Å²) in [7, 11) is 1.55. The average molecular weight is 401 g/mol. The third kappa shape index (κ3) is 4.81. The molecule has 1 heterocycles. The number of aromatic nitrogens is 1. The third-order valence-corrected chi connectivity index (χ3v) is 5.66. The highest BCUT2D eigenvalue weighted by molar-refractivity contribution is 8.00. The second-order valence-corrected chi connectivity index (χ2v) is 7.44. The Morgan fingerprint density at radius 1 is 1.15 bits per heavy atom. The predicted octanol–water partition coefficient (Wildman–Crippen LogP) is 4.52. The van der Waals surface area contributed by atoms with Gasteiger partial charge in [0.15, 0.2) is 5.78 Å². The first-order valence-electron chi connectivity index (χ1n) is 8.35. The van der Waals surface area contributed by atoms with Gasteiger partial charge in [0.25, 0.3) is 5.03 Å². The van der Waals surface area contributed by atoms with Gasteiger partial charge in [-0.3, -0.25) is 10.0 Å². The zero-order valence-corrected chi connectivity index (χ0v) is 16.3. The van der Waals surface area contributed by atoms with Gasteiger partial charge in [-0.25, -0.2) is 0 Å². The number of ketones is 1. The van der Waals surface area contributed by atoms with Crippen LogP contribution in [0.5, 0.6) is 5.75 Å². The third-order valence-electron chi connectivity index (χ3n) is 4.03. The van der Waals surface area contributed by atoms with Crippen LogP contribution in [0.15, 0.2) is 78.0 Å². The van der Waals surface area contributed by atoms with Gasteiger partial charge in [0.05, 0.1) is 17.4 Å². The molecule has 0 aliphatic rings. The van der Waals surface area contributed by atoms with E-state index >= 15 is 0 Å². The number of pyridine rings is 1. The molecule has 0 fully saturated rings. The molecule has 1 atom stereocenters. The molecule has 0 saturated heterocycles. The summed E-state index contributed by atoms with van der Waals surface area (Å²) in [6.45, 7) is 0. The first-order valence-corrected chi connectivity index (χ1v) is 9.61. The standard InChI is InChI=1S/C21H19ClNO3S/c1-26-19-11-10-15(13-17(19)22)14-18(24)21(16-7-3-2-4-8-16)27-20-9-5-6-12-23(20)25/h2-13,21,25H,14H2,1H3/q+1. The monoisotopic (exact) mass is 400 g/mol. The van der Waals surface area contributed by atoms with E-state index in [1.807, 2.05) is 42.5 Å². The molecule has 0 amide bonds. The molecule has 0 aliphatic carbocycles. The minimum Gasteiger partial charge on any atom is -0.495 e. The Labute approximate surface area is 167 Å². The molecule has 0 aliphatic heterocycles. The fraction of sp³-hybridized carbons (Fsp3) is 0.143. The van der Waals surface area contributed by atoms with E-state index in [-0.39, 0.29) is 12.2 Å². The van der Waals surface area contributed by atoms with Crippen molar-refractivity contribution < 1.29 is 19.5 Å². The molecule has 0 bridgehead atoms. The van der Waals surface area contributed by atoms with Crippen molar-refractivity contribution in [1.29, 1.82) is 0 Å². The van der Waals surface area contributed by atoms with Crippen LogP contribution < -0.4 is 9.47 Å². The lowest BCUT2D eigenvalue weighted by Gasteiger charge is -2.14. The van der Waals surface area contributed by atoms with Gasteiger partial charge < -0.3 is 4.74 Å². The molecule has 1 unspecified atom stereocenters. The molecule has 6 heteroatoms. The summed E-state index contributed by atoms with van der Waals surface area (Å²) in [6, 6.07) is 20.2. The van der Waals surface area contributed by atoms with Crippen molar-refractivity contribution in [1.82, 2.24) is 0 Å². The quantitative estimate of drug-likeness (QED) is 0.360. The molecule has 138 valence electrons. The Bertz CT molecular complexity index is 934. The van der Waals surface area contributed by atoms with Gasteiger partial charge in [0.2, 0.25) is 6.20 Å². The lowest BCUT2D eigenvalue weighted by molar-refractivity contribution is -0.932. The SMILES string of the molecule is COc1ccc(CC(=O)C(Sc2cccc[n+]2O)c2ccccc2)cc1Cl. The molecular weight excluding hydrogens is 382 g/mol. The van der Waals surface area contributed by atoms with Gasteiger partial charge in [-0.2, -0.15) is 0 Å². The fourth-order valence-electron chi connectivity index (χ4n) is 2.69. The Balaban J connectivity index is 1.87. The molecule has 1 N–H and O–H groups in total. The summed E-state index contributed by atoms with van der Waals surface area (Å²) >= 11 is 7.50. The largest absolute Gasteiger partial charge is 0.495 e. The van der Waals surface area contributed by atoms with Crippen molar-refractivity contribution >= 4 is 29.1 Å². The number of halogens is 1. The molecule has 0 spiro atoms. The predicted molar refractivity (Wildman–Crippen MR) is 106 cm³/mol. The minimum atomic E-state index is -0.451. The summed E-state index contributed by atoms with van der Waals surface area (Å²) < 4.78 is 6.19. The van der Waals surface area contributed by atoms with Crippen LogP contribution in [0.1, 0.15) is 16.4 Å². The number of carbonyl (C=O) groups is 1. The van der Waals surface area contributed by atoms with Crippen molar-refractivity contribution in [2.75, 3.05) is 7.11 Å². The van der Waals surface area contributed by atoms with Crippen LogP contribution in [0.4, 0.5) is 0 Å². The number of rotatable bonds is 7. The second kappa shape index (κ2) is 8.93. The van der Waals surface area contributed by atoms with E-state index in [4.69, 9.17) is 16.3 Å². The summed E-state index contributed by atoms with van der Waals surface area (Å²) in [5.74, 6) is 0.601. The van der Waals surface area contributed by atoms with Gasteiger partial charge in [0, 0.05) is 23.3 Å². The van der Waals surface area contributed by atoms with E-state index in [2.05, 4.69) is 0 Å². The summed E-state index contributed by atoms with van der Waals surface area (Å²) in [5, 5.41) is 10.6. The van der Waals surface area contributed by atoms with Gasteiger partial charge in [0.1, 0.15) is 5.75 Å². The zero-order chi connectivity index (χ0) is 19.2. The number of carbonyl (C=O) groups excluding carboxylic acids is 1. The molecule has 3 aromatic rings. The number of nitrogens with zero attached hydrogens (tertiary/aromatic N) is 1. The van der Waals surface area contributed by atoms with E-state index in [1.54, 1.807) is 31.4 Å². The fourth-order valence-corrected chi connectivity index (χ4v) is 4.05. The van der Waals surface area contributed by atoms with E-state index in [9.17, 15) is 10.0 Å². The van der Waals surface area contributed by atoms with E-state index < -0.39 is 5.25 Å². The zero-order valence-electron chi connectivity index (χ0n) is 14.7. The van der Waals surface area contributed by atoms with Crippen LogP contribution in [0.2, 0.25) is 5.02 Å². The first kappa shape index (κ1) is 19.3. The Morgan fingerprint density at radius 3 is 2.56 bits per heavy atom. The highest BCUT2D eigenvalue weighted by Crippen LogP contribution is 2.35. The number of thioether (sulfide) groups is 1. The van der Waals surface area contributed by atoms with Crippen LogP contribution >= 0.6 is 23.4 Å². The van der Waals surface area contributed by atoms with E-state index in [1.165, 1.54) is 18.0 Å². The van der Waals surface area contributed by atoms with E-state index in [0.717, 1.165) is 15.9 Å². The lowest BCUT2D eigenvalue weighted by Crippen LogP contribution is -2.32. The van der Waals surface area contributed by atoms with Gasteiger partial charge in [-0.1, -0.05) is 48.0 Å². The Hall–Kier alpha value is -2.50. The van der Waals surface area contributed by atoms with Crippen molar-refractivity contribution in [2.45, 2.75) is 16.7 Å². The van der Waals surface area contributed by atoms with Crippen molar-refractivity contribution in [3.63, 3.8) is 0 Å². The molecule has 0 radical (unpaired) electrons. The maximum absolute atomic E-state index is 13.1. The molecular formula is C21H19ClNO3S+. The number of benzene rings is 2. The molecule has 0 saturated carbocycles. The van der Waals surface area contributed by atoms with Gasteiger partial charge in [-0.05, 0) is 41.1 Å². The summed E-state index contributed by atoms with van der Waals surface area (Å²) in [5.41, 5.74) is 1.70. The Kier molecular flexibility index (Phi) is 6.37. The number of methoxy groups -OCH3 is 1. The minimum absolute atomic E-state index is 0.0243. The maximum atomic E-state index is 13.1. The number of hydrogen-bond donors (Lipinski definition) is 1. The topological polar surface area (TPSA) is 50.4 Å². The second-order valence-electron chi connectivity index (χ2n) is 5.90. The molecule has 27 heavy (non-hydrogen) atoms. The Morgan fingerprint density at radius 2 is 1.89 bits per heavy atom. The summed E-state index contributed by atoms with van der Waals surface area (Å²) in [4.78, 5) is 13.1. The lowest BCUT2D eigenvalue weighted by atomic mass is 10.0. The van der Waals surface area contributed by atoms with Crippen molar-refractivity contribution in [3.8, 4) is 5.75 Å². The van der Waals surface area contributed by atoms with Crippen LogP contribution in [-0.2, 0) is 11.2 Å². The smallest absolute Gasteiger partial charge is 0.292 e. The molecule has 4 nitrogen and oxygen atoms in total. The van der Waals surface area contributed by atoms with Crippen molar-refractivity contribution in [3.05, 3.63) is 89.1 Å². The van der Waals surface area contributed by atoms with Gasteiger partial charge in [-0.15, -0.1) is 0 Å². The molecule has 2 aromatic carbocycles. The highest BCUT2D eigenvalue weighted by atomic mass is 35.5.